The van der Waals surface area contributed by atoms with E-state index in [4.69, 9.17) is 0 Å². The summed E-state index contributed by atoms with van der Waals surface area (Å²) in [5, 5.41) is 10.6. The van der Waals surface area contributed by atoms with Crippen LogP contribution in [0.1, 0.15) is 11.1 Å². The van der Waals surface area contributed by atoms with Crippen molar-refractivity contribution in [1.29, 1.82) is 0 Å². The van der Waals surface area contributed by atoms with E-state index in [0.717, 1.165) is 5.56 Å². The first-order chi connectivity index (χ1) is 11.0. The summed E-state index contributed by atoms with van der Waals surface area (Å²) in [5.74, 6) is -0.534. The molecule has 0 unspecified atom stereocenters. The Kier molecular flexibility index (Phi) is 5.19. The SMILES string of the molecule is CN(Cc1ccc(F)cc1)C(=O)/C=C/c1ccc([N+](=O)[O-])cc1. The predicted octanol–water partition coefficient (Wildman–Crippen LogP) is 3.41. The van der Waals surface area contributed by atoms with Crippen LogP contribution in [0.3, 0.4) is 0 Å². The van der Waals surface area contributed by atoms with E-state index in [1.165, 1.54) is 35.2 Å². The molecule has 2 aromatic rings. The van der Waals surface area contributed by atoms with Gasteiger partial charge in [0.15, 0.2) is 0 Å². The maximum Gasteiger partial charge on any atom is 0.269 e. The number of nitro benzene ring substituents is 1. The lowest BCUT2D eigenvalue weighted by Crippen LogP contribution is -2.24. The first-order valence-corrected chi connectivity index (χ1v) is 6.88. The normalized spacial score (nSPS) is 10.7. The molecule has 0 saturated carbocycles. The number of carbonyl (C=O) groups is 1. The number of non-ortho nitro benzene ring substituents is 1. The molecule has 0 bridgehead atoms. The first kappa shape index (κ1) is 16.4. The standard InChI is InChI=1S/C17H15FN2O3/c1-19(12-14-2-7-15(18)8-3-14)17(21)11-6-13-4-9-16(10-5-13)20(22)23/h2-11H,12H2,1H3/b11-6+. The molecule has 0 atom stereocenters. The van der Waals surface area contributed by atoms with E-state index in [1.807, 2.05) is 0 Å². The van der Waals surface area contributed by atoms with E-state index in [2.05, 4.69) is 0 Å². The van der Waals surface area contributed by atoms with E-state index in [1.54, 1.807) is 37.4 Å². The van der Waals surface area contributed by atoms with Crippen LogP contribution in [0.4, 0.5) is 10.1 Å². The molecule has 0 aromatic heterocycles. The third kappa shape index (κ3) is 4.74. The second-order valence-electron chi connectivity index (χ2n) is 5.00. The molecule has 0 aliphatic carbocycles. The largest absolute Gasteiger partial charge is 0.338 e. The van der Waals surface area contributed by atoms with Crippen LogP contribution in [0.2, 0.25) is 0 Å². The molecule has 0 radical (unpaired) electrons. The van der Waals surface area contributed by atoms with Crippen molar-refractivity contribution in [3.05, 3.63) is 81.7 Å². The van der Waals surface area contributed by atoms with Crippen LogP contribution in [0.25, 0.3) is 6.08 Å². The summed E-state index contributed by atoms with van der Waals surface area (Å²) in [4.78, 5) is 23.6. The van der Waals surface area contributed by atoms with Gasteiger partial charge >= 0.3 is 0 Å². The van der Waals surface area contributed by atoms with Gasteiger partial charge in [0, 0.05) is 31.8 Å². The van der Waals surface area contributed by atoms with Gasteiger partial charge in [0.05, 0.1) is 4.92 Å². The minimum atomic E-state index is -0.477. The molecule has 2 aromatic carbocycles. The summed E-state index contributed by atoms with van der Waals surface area (Å²) >= 11 is 0. The number of rotatable bonds is 5. The molecule has 0 saturated heterocycles. The Balaban J connectivity index is 1.97. The summed E-state index contributed by atoms with van der Waals surface area (Å²) in [5.41, 5.74) is 1.52. The number of carbonyl (C=O) groups excluding carboxylic acids is 1. The van der Waals surface area contributed by atoms with E-state index in [9.17, 15) is 19.3 Å². The molecule has 2 rings (SSSR count). The number of benzene rings is 2. The number of likely N-dealkylation sites (N-methyl/N-ethyl adjacent to an activating group) is 1. The Labute approximate surface area is 132 Å². The summed E-state index contributed by atoms with van der Waals surface area (Å²) in [6.07, 6.45) is 2.98. The molecule has 0 aliphatic rings. The monoisotopic (exact) mass is 314 g/mol. The predicted molar refractivity (Wildman–Crippen MR) is 85.0 cm³/mol. The summed E-state index contributed by atoms with van der Waals surface area (Å²) in [7, 11) is 1.64. The van der Waals surface area contributed by atoms with Gasteiger partial charge in [0.2, 0.25) is 5.91 Å². The number of nitro groups is 1. The molecule has 23 heavy (non-hydrogen) atoms. The highest BCUT2D eigenvalue weighted by Gasteiger charge is 2.06. The van der Waals surface area contributed by atoms with Gasteiger partial charge in [0.25, 0.3) is 5.69 Å². The third-order valence-electron chi connectivity index (χ3n) is 3.23. The lowest BCUT2D eigenvalue weighted by Gasteiger charge is -2.15. The average Bonchev–Trinajstić information content (AvgIpc) is 2.55. The van der Waals surface area contributed by atoms with Gasteiger partial charge in [-0.3, -0.25) is 14.9 Å². The fourth-order valence-corrected chi connectivity index (χ4v) is 1.94. The minimum absolute atomic E-state index is 0.00176. The molecule has 0 N–H and O–H groups in total. The van der Waals surface area contributed by atoms with E-state index < -0.39 is 4.92 Å². The van der Waals surface area contributed by atoms with Crippen molar-refractivity contribution in [3.63, 3.8) is 0 Å². The Morgan fingerprint density at radius 2 is 1.78 bits per heavy atom. The molecule has 0 fully saturated rings. The number of hydrogen-bond donors (Lipinski definition) is 0. The first-order valence-electron chi connectivity index (χ1n) is 6.88. The van der Waals surface area contributed by atoms with Crippen molar-refractivity contribution in [2.75, 3.05) is 7.05 Å². The van der Waals surface area contributed by atoms with Gasteiger partial charge in [0.1, 0.15) is 5.82 Å². The summed E-state index contributed by atoms with van der Waals surface area (Å²) in [6, 6.07) is 11.8. The molecule has 6 heteroatoms. The Hall–Kier alpha value is -3.02. The van der Waals surface area contributed by atoms with Crippen molar-refractivity contribution in [3.8, 4) is 0 Å². The van der Waals surface area contributed by atoms with Gasteiger partial charge in [-0.05, 0) is 41.5 Å². The number of hydrogen-bond acceptors (Lipinski definition) is 3. The van der Waals surface area contributed by atoms with Crippen molar-refractivity contribution >= 4 is 17.7 Å². The Bertz CT molecular complexity index is 725. The zero-order chi connectivity index (χ0) is 16.8. The quantitative estimate of drug-likeness (QED) is 0.482. The average molecular weight is 314 g/mol. The minimum Gasteiger partial charge on any atom is -0.338 e. The zero-order valence-electron chi connectivity index (χ0n) is 12.5. The van der Waals surface area contributed by atoms with Gasteiger partial charge in [-0.25, -0.2) is 4.39 Å². The summed E-state index contributed by atoms with van der Waals surface area (Å²) in [6.45, 7) is 0.365. The van der Waals surface area contributed by atoms with E-state index in [0.29, 0.717) is 12.1 Å². The second kappa shape index (κ2) is 7.31. The molecule has 0 aliphatic heterocycles. The fraction of sp³-hybridized carbons (Fsp3) is 0.118. The topological polar surface area (TPSA) is 63.5 Å². The highest BCUT2D eigenvalue weighted by atomic mass is 19.1. The van der Waals surface area contributed by atoms with Crippen LogP contribution in [-0.2, 0) is 11.3 Å². The van der Waals surface area contributed by atoms with Gasteiger partial charge < -0.3 is 4.90 Å². The Morgan fingerprint density at radius 3 is 2.35 bits per heavy atom. The molecule has 5 nitrogen and oxygen atoms in total. The Morgan fingerprint density at radius 1 is 1.17 bits per heavy atom. The lowest BCUT2D eigenvalue weighted by atomic mass is 10.2. The van der Waals surface area contributed by atoms with Crippen molar-refractivity contribution in [2.24, 2.45) is 0 Å². The van der Waals surface area contributed by atoms with E-state index >= 15 is 0 Å². The number of nitrogens with zero attached hydrogens (tertiary/aromatic N) is 2. The smallest absolute Gasteiger partial charge is 0.269 e. The molecule has 1 amide bonds. The van der Waals surface area contributed by atoms with Crippen LogP contribution in [0, 0.1) is 15.9 Å². The third-order valence-corrected chi connectivity index (χ3v) is 3.23. The molecule has 118 valence electrons. The van der Waals surface area contributed by atoms with Crippen LogP contribution in [0.15, 0.2) is 54.6 Å². The number of halogens is 1. The van der Waals surface area contributed by atoms with Crippen LogP contribution >= 0.6 is 0 Å². The molecular formula is C17H15FN2O3. The zero-order valence-corrected chi connectivity index (χ0v) is 12.5. The van der Waals surface area contributed by atoms with Gasteiger partial charge in [-0.15, -0.1) is 0 Å². The molecular weight excluding hydrogens is 299 g/mol. The van der Waals surface area contributed by atoms with Crippen LogP contribution in [-0.4, -0.2) is 22.8 Å². The number of amides is 1. The maximum atomic E-state index is 12.8. The highest BCUT2D eigenvalue weighted by molar-refractivity contribution is 5.91. The van der Waals surface area contributed by atoms with E-state index in [-0.39, 0.29) is 17.4 Å². The highest BCUT2D eigenvalue weighted by Crippen LogP contribution is 2.13. The second-order valence-corrected chi connectivity index (χ2v) is 5.00. The fourth-order valence-electron chi connectivity index (χ4n) is 1.94. The van der Waals surface area contributed by atoms with Crippen LogP contribution < -0.4 is 0 Å². The summed E-state index contributed by atoms with van der Waals surface area (Å²) < 4.78 is 12.8. The lowest BCUT2D eigenvalue weighted by molar-refractivity contribution is -0.384. The molecule has 0 heterocycles. The van der Waals surface area contributed by atoms with Crippen molar-refractivity contribution in [2.45, 2.75) is 6.54 Å². The maximum absolute atomic E-state index is 12.8. The van der Waals surface area contributed by atoms with Crippen molar-refractivity contribution < 1.29 is 14.1 Å². The van der Waals surface area contributed by atoms with Gasteiger partial charge in [-0.1, -0.05) is 12.1 Å². The van der Waals surface area contributed by atoms with Gasteiger partial charge in [-0.2, -0.15) is 0 Å². The van der Waals surface area contributed by atoms with Crippen molar-refractivity contribution in [1.82, 2.24) is 4.90 Å². The molecule has 0 spiro atoms. The van der Waals surface area contributed by atoms with Crippen LogP contribution in [0.5, 0.6) is 0 Å².